The molecule has 0 saturated carbocycles. The second-order valence-electron chi connectivity index (χ2n) is 5.67. The van der Waals surface area contributed by atoms with Crippen LogP contribution in [0.3, 0.4) is 0 Å². The van der Waals surface area contributed by atoms with Gasteiger partial charge in [0.25, 0.3) is 0 Å². The van der Waals surface area contributed by atoms with Crippen molar-refractivity contribution in [3.8, 4) is 5.75 Å². The number of ether oxygens (including phenoxy) is 1. The summed E-state index contributed by atoms with van der Waals surface area (Å²) in [6.45, 7) is 7.15. The number of hydrogen-bond acceptors (Lipinski definition) is 3. The van der Waals surface area contributed by atoms with Crippen LogP contribution in [0, 0.1) is 5.41 Å². The molecule has 0 aliphatic heterocycles. The molecule has 2 N–H and O–H groups in total. The highest BCUT2D eigenvalue weighted by Gasteiger charge is 2.17. The van der Waals surface area contributed by atoms with Crippen molar-refractivity contribution in [1.29, 1.82) is 0 Å². The Morgan fingerprint density at radius 2 is 1.94 bits per heavy atom. The number of hydrogen-bond donors (Lipinski definition) is 1. The van der Waals surface area contributed by atoms with Crippen LogP contribution in [0.2, 0.25) is 0 Å². The number of nitrogens with two attached hydrogens (primary N) is 1. The zero-order chi connectivity index (χ0) is 13.6. The number of methoxy groups -OCH3 is 1. The topological polar surface area (TPSA) is 38.5 Å². The van der Waals surface area contributed by atoms with Crippen molar-refractivity contribution in [2.45, 2.75) is 20.3 Å². The van der Waals surface area contributed by atoms with E-state index in [9.17, 15) is 0 Å². The Bertz CT molecular complexity index is 363. The molecule has 102 valence electrons. The lowest BCUT2D eigenvalue weighted by molar-refractivity contribution is 0.217. The first-order chi connectivity index (χ1) is 8.48. The third kappa shape index (κ3) is 4.67. The number of benzene rings is 1. The van der Waals surface area contributed by atoms with Crippen LogP contribution in [0.1, 0.15) is 19.4 Å². The lowest BCUT2D eigenvalue weighted by Crippen LogP contribution is -2.37. The predicted molar refractivity (Wildman–Crippen MR) is 77.0 cm³/mol. The van der Waals surface area contributed by atoms with Crippen molar-refractivity contribution in [1.82, 2.24) is 4.90 Å². The first-order valence-corrected chi connectivity index (χ1v) is 6.49. The molecule has 0 fully saturated rings. The molecule has 1 aromatic carbocycles. The molecule has 0 unspecified atom stereocenters. The summed E-state index contributed by atoms with van der Waals surface area (Å²) in [5, 5.41) is 0. The van der Waals surface area contributed by atoms with E-state index in [0.29, 0.717) is 6.54 Å². The number of para-hydroxylation sites is 1. The van der Waals surface area contributed by atoms with Gasteiger partial charge in [-0.2, -0.15) is 0 Å². The van der Waals surface area contributed by atoms with Gasteiger partial charge in [-0.3, -0.25) is 0 Å². The lowest BCUT2D eigenvalue weighted by atomic mass is 9.93. The molecular formula is C15H26N2O. The highest BCUT2D eigenvalue weighted by molar-refractivity contribution is 5.33. The first kappa shape index (κ1) is 15.0. The van der Waals surface area contributed by atoms with Gasteiger partial charge in [-0.25, -0.2) is 0 Å². The van der Waals surface area contributed by atoms with Gasteiger partial charge in [0.05, 0.1) is 7.11 Å². The fourth-order valence-electron chi connectivity index (χ4n) is 2.10. The zero-order valence-corrected chi connectivity index (χ0v) is 12.1. The minimum atomic E-state index is 0.176. The van der Waals surface area contributed by atoms with E-state index in [1.54, 1.807) is 7.11 Å². The minimum Gasteiger partial charge on any atom is -0.496 e. The summed E-state index contributed by atoms with van der Waals surface area (Å²) in [5.74, 6) is 0.976. The van der Waals surface area contributed by atoms with Crippen LogP contribution in [-0.2, 0) is 6.42 Å². The second-order valence-corrected chi connectivity index (χ2v) is 5.67. The number of rotatable bonds is 7. The number of nitrogens with zero attached hydrogens (tertiary/aromatic N) is 1. The quantitative estimate of drug-likeness (QED) is 0.806. The largest absolute Gasteiger partial charge is 0.496 e. The third-order valence-corrected chi connectivity index (χ3v) is 3.21. The van der Waals surface area contributed by atoms with E-state index in [2.05, 4.69) is 37.9 Å². The van der Waals surface area contributed by atoms with Crippen molar-refractivity contribution in [3.63, 3.8) is 0 Å². The van der Waals surface area contributed by atoms with E-state index in [0.717, 1.165) is 25.3 Å². The maximum absolute atomic E-state index is 5.76. The van der Waals surface area contributed by atoms with E-state index >= 15 is 0 Å². The summed E-state index contributed by atoms with van der Waals surface area (Å²) in [5.41, 5.74) is 7.20. The fourth-order valence-corrected chi connectivity index (χ4v) is 2.10. The summed E-state index contributed by atoms with van der Waals surface area (Å²) < 4.78 is 5.36. The molecule has 0 bridgehead atoms. The van der Waals surface area contributed by atoms with E-state index in [4.69, 9.17) is 10.5 Å². The summed E-state index contributed by atoms with van der Waals surface area (Å²) in [6, 6.07) is 8.20. The van der Waals surface area contributed by atoms with Crippen molar-refractivity contribution in [3.05, 3.63) is 29.8 Å². The van der Waals surface area contributed by atoms with Crippen molar-refractivity contribution in [2.75, 3.05) is 33.8 Å². The maximum atomic E-state index is 5.76. The van der Waals surface area contributed by atoms with Gasteiger partial charge < -0.3 is 15.4 Å². The fraction of sp³-hybridized carbons (Fsp3) is 0.600. The molecule has 0 atom stereocenters. The Kier molecular flexibility index (Phi) is 5.63. The standard InChI is InChI=1S/C15H26N2O/c1-15(2,11-16)12-17(3)10-9-13-7-5-6-8-14(13)18-4/h5-8H,9-12,16H2,1-4H3. The van der Waals surface area contributed by atoms with Gasteiger partial charge >= 0.3 is 0 Å². The normalized spacial score (nSPS) is 11.9. The van der Waals surface area contributed by atoms with Gasteiger partial charge in [0, 0.05) is 13.1 Å². The summed E-state index contributed by atoms with van der Waals surface area (Å²) >= 11 is 0. The second kappa shape index (κ2) is 6.76. The van der Waals surface area contributed by atoms with Gasteiger partial charge in [-0.15, -0.1) is 0 Å². The molecule has 0 heterocycles. The predicted octanol–water partition coefficient (Wildman–Crippen LogP) is 2.15. The highest BCUT2D eigenvalue weighted by atomic mass is 16.5. The molecule has 3 heteroatoms. The molecule has 3 nitrogen and oxygen atoms in total. The van der Waals surface area contributed by atoms with Crippen LogP contribution < -0.4 is 10.5 Å². The van der Waals surface area contributed by atoms with Crippen LogP contribution in [0.25, 0.3) is 0 Å². The number of likely N-dealkylation sites (N-methyl/N-ethyl adjacent to an activating group) is 1. The average Bonchev–Trinajstić information content (AvgIpc) is 2.36. The third-order valence-electron chi connectivity index (χ3n) is 3.21. The van der Waals surface area contributed by atoms with Crippen LogP contribution >= 0.6 is 0 Å². The molecular weight excluding hydrogens is 224 g/mol. The van der Waals surface area contributed by atoms with Gasteiger partial charge in [0.2, 0.25) is 0 Å². The molecule has 0 radical (unpaired) electrons. The van der Waals surface area contributed by atoms with E-state index < -0.39 is 0 Å². The van der Waals surface area contributed by atoms with Crippen LogP contribution in [0.5, 0.6) is 5.75 Å². The van der Waals surface area contributed by atoms with Crippen LogP contribution in [0.15, 0.2) is 24.3 Å². The van der Waals surface area contributed by atoms with E-state index in [1.807, 2.05) is 12.1 Å². The SMILES string of the molecule is COc1ccccc1CCN(C)CC(C)(C)CN. The van der Waals surface area contributed by atoms with Gasteiger partial charge in [-0.05, 0) is 37.1 Å². The van der Waals surface area contributed by atoms with Crippen molar-refractivity contribution < 1.29 is 4.74 Å². The summed E-state index contributed by atoms with van der Waals surface area (Å²) in [4.78, 5) is 2.33. The van der Waals surface area contributed by atoms with Crippen molar-refractivity contribution in [2.24, 2.45) is 11.1 Å². The van der Waals surface area contributed by atoms with Gasteiger partial charge in [-0.1, -0.05) is 32.0 Å². The van der Waals surface area contributed by atoms with Crippen LogP contribution in [-0.4, -0.2) is 38.7 Å². The Labute approximate surface area is 111 Å². The van der Waals surface area contributed by atoms with E-state index in [1.165, 1.54) is 5.56 Å². The zero-order valence-electron chi connectivity index (χ0n) is 12.1. The summed E-state index contributed by atoms with van der Waals surface area (Å²) in [7, 11) is 3.87. The summed E-state index contributed by atoms with van der Waals surface area (Å²) in [6.07, 6.45) is 1.00. The maximum Gasteiger partial charge on any atom is 0.122 e. The molecule has 1 aromatic rings. The highest BCUT2D eigenvalue weighted by Crippen LogP contribution is 2.19. The minimum absolute atomic E-state index is 0.176. The average molecular weight is 250 g/mol. The first-order valence-electron chi connectivity index (χ1n) is 6.49. The lowest BCUT2D eigenvalue weighted by Gasteiger charge is -2.29. The Morgan fingerprint density at radius 3 is 2.56 bits per heavy atom. The Hall–Kier alpha value is -1.06. The monoisotopic (exact) mass is 250 g/mol. The van der Waals surface area contributed by atoms with Crippen LogP contribution in [0.4, 0.5) is 0 Å². The Morgan fingerprint density at radius 1 is 1.28 bits per heavy atom. The molecule has 0 aliphatic carbocycles. The molecule has 1 rings (SSSR count). The molecule has 0 saturated heterocycles. The molecule has 0 spiro atoms. The van der Waals surface area contributed by atoms with Gasteiger partial charge in [0.15, 0.2) is 0 Å². The van der Waals surface area contributed by atoms with E-state index in [-0.39, 0.29) is 5.41 Å². The smallest absolute Gasteiger partial charge is 0.122 e. The molecule has 0 aromatic heterocycles. The van der Waals surface area contributed by atoms with Gasteiger partial charge in [0.1, 0.15) is 5.75 Å². The molecule has 0 amide bonds. The molecule has 18 heavy (non-hydrogen) atoms. The Balaban J connectivity index is 2.50. The molecule has 0 aliphatic rings. The van der Waals surface area contributed by atoms with Crippen molar-refractivity contribution >= 4 is 0 Å².